The van der Waals surface area contributed by atoms with Gasteiger partial charge in [-0.1, -0.05) is 12.1 Å². The van der Waals surface area contributed by atoms with E-state index in [1.54, 1.807) is 12.1 Å². The minimum Gasteiger partial charge on any atom is -0.489 e. The lowest BCUT2D eigenvalue weighted by Gasteiger charge is -2.26. The third kappa shape index (κ3) is 16.4. The summed E-state index contributed by atoms with van der Waals surface area (Å²) in [6, 6.07) is 8.15. The van der Waals surface area contributed by atoms with Crippen LogP contribution in [0.1, 0.15) is 5.56 Å². The Morgan fingerprint density at radius 1 is 0.744 bits per heavy atom. The molecule has 17 heteroatoms. The van der Waals surface area contributed by atoms with Crippen LogP contribution in [0.25, 0.3) is 0 Å². The van der Waals surface area contributed by atoms with Gasteiger partial charge in [0.2, 0.25) is 0 Å². The van der Waals surface area contributed by atoms with Crippen molar-refractivity contribution in [1.82, 2.24) is 0 Å². The molecule has 0 fully saturated rings. The minimum atomic E-state index is -5.45. The van der Waals surface area contributed by atoms with Crippen LogP contribution < -0.4 is 4.74 Å². The third-order valence-electron chi connectivity index (χ3n) is 4.05. The average Bonchev–Trinajstić information content (AvgIpc) is 2.83. The molecule has 0 aliphatic heterocycles. The van der Waals surface area contributed by atoms with Gasteiger partial charge in [-0.3, -0.25) is 0 Å². The fourth-order valence-corrected chi connectivity index (χ4v) is 2.52. The van der Waals surface area contributed by atoms with Crippen LogP contribution in [-0.4, -0.2) is 112 Å². The summed E-state index contributed by atoms with van der Waals surface area (Å²) in [7, 11) is 0. The van der Waals surface area contributed by atoms with Gasteiger partial charge in [0.15, 0.2) is 0 Å². The molecule has 0 aliphatic carbocycles. The molecular formula is C22H29F6NO10. The van der Waals surface area contributed by atoms with Crippen LogP contribution in [0, 0.1) is 11.3 Å². The number of rotatable bonds is 22. The zero-order valence-corrected chi connectivity index (χ0v) is 20.4. The second kappa shape index (κ2) is 17.4. The number of benzene rings is 1. The number of nitrogens with zero attached hydrogens (tertiary/aromatic N) is 1. The number of aliphatic hydroxyl groups is 3. The molecule has 224 valence electrons. The fraction of sp³-hybridized carbons (Fsp3) is 0.682. The van der Waals surface area contributed by atoms with E-state index in [4.69, 9.17) is 24.6 Å². The van der Waals surface area contributed by atoms with Gasteiger partial charge in [0.05, 0.1) is 51.8 Å². The Morgan fingerprint density at radius 3 is 1.87 bits per heavy atom. The summed E-state index contributed by atoms with van der Waals surface area (Å²) in [5, 5.41) is 36.6. The summed E-state index contributed by atoms with van der Waals surface area (Å²) in [5.41, 5.74) is 0.242. The zero-order chi connectivity index (χ0) is 29.4. The normalized spacial score (nSPS) is 14.2. The Bertz CT molecular complexity index is 861. The van der Waals surface area contributed by atoms with Crippen molar-refractivity contribution in [2.24, 2.45) is 0 Å². The summed E-state index contributed by atoms with van der Waals surface area (Å²) < 4.78 is 111. The second-order valence-corrected chi connectivity index (χ2v) is 7.61. The Morgan fingerprint density at radius 2 is 1.26 bits per heavy atom. The van der Waals surface area contributed by atoms with Gasteiger partial charge in [-0.05, 0) is 12.1 Å². The van der Waals surface area contributed by atoms with Crippen LogP contribution >= 0.6 is 0 Å². The van der Waals surface area contributed by atoms with Crippen molar-refractivity contribution >= 4 is 0 Å². The summed E-state index contributed by atoms with van der Waals surface area (Å²) >= 11 is 0. The van der Waals surface area contributed by atoms with Crippen molar-refractivity contribution < 1.29 is 74.8 Å². The van der Waals surface area contributed by atoms with Crippen LogP contribution in [0.15, 0.2) is 24.3 Å². The van der Waals surface area contributed by atoms with Crippen LogP contribution in [0.4, 0.5) is 26.3 Å². The first-order valence-corrected chi connectivity index (χ1v) is 11.2. The molecule has 0 aliphatic rings. The van der Waals surface area contributed by atoms with Crippen molar-refractivity contribution in [3.63, 3.8) is 0 Å². The zero-order valence-electron chi connectivity index (χ0n) is 20.4. The number of halogens is 6. The highest BCUT2D eigenvalue weighted by Crippen LogP contribution is 2.33. The Kier molecular flexibility index (Phi) is 15.5. The molecule has 0 spiro atoms. The molecule has 2 unspecified atom stereocenters. The highest BCUT2D eigenvalue weighted by atomic mass is 19.3. The maximum Gasteiger partial charge on any atom is 0.495 e. The smallest absolute Gasteiger partial charge is 0.489 e. The Balaban J connectivity index is 2.26. The first-order chi connectivity index (χ1) is 18.3. The average molecular weight is 581 g/mol. The molecule has 1 rings (SSSR count). The fourth-order valence-electron chi connectivity index (χ4n) is 2.52. The van der Waals surface area contributed by atoms with Crippen molar-refractivity contribution in [3.05, 3.63) is 29.8 Å². The lowest BCUT2D eigenvalue weighted by molar-refractivity contribution is -0.518. The minimum absolute atomic E-state index is 0.149. The van der Waals surface area contributed by atoms with Crippen LogP contribution in [0.5, 0.6) is 5.75 Å². The van der Waals surface area contributed by atoms with Gasteiger partial charge in [0, 0.05) is 0 Å². The molecular weight excluding hydrogens is 552 g/mol. The monoisotopic (exact) mass is 581 g/mol. The molecule has 0 saturated carbocycles. The number of ether oxygens (including phenoxy) is 7. The molecule has 39 heavy (non-hydrogen) atoms. The first-order valence-electron chi connectivity index (χ1n) is 11.2. The van der Waals surface area contributed by atoms with Gasteiger partial charge >= 0.3 is 18.5 Å². The van der Waals surface area contributed by atoms with Crippen LogP contribution in [-0.2, 0) is 28.4 Å². The topological polar surface area (TPSA) is 149 Å². The van der Waals surface area contributed by atoms with Crippen molar-refractivity contribution in [1.29, 1.82) is 5.26 Å². The van der Waals surface area contributed by atoms with E-state index in [9.17, 15) is 36.6 Å². The van der Waals surface area contributed by atoms with E-state index in [1.165, 1.54) is 12.1 Å². The number of hydrogen-bond acceptors (Lipinski definition) is 11. The van der Waals surface area contributed by atoms with E-state index in [1.807, 2.05) is 6.07 Å². The van der Waals surface area contributed by atoms with Gasteiger partial charge in [0.25, 0.3) is 0 Å². The molecule has 1 aromatic carbocycles. The van der Waals surface area contributed by atoms with Gasteiger partial charge < -0.3 is 39.0 Å². The number of para-hydroxylation sites is 1. The lowest BCUT2D eigenvalue weighted by atomic mass is 10.2. The van der Waals surface area contributed by atoms with Crippen molar-refractivity contribution in [3.8, 4) is 11.8 Å². The predicted octanol–water partition coefficient (Wildman–Crippen LogP) is 1.49. The lowest BCUT2D eigenvalue weighted by Crippen LogP contribution is -2.44. The standard InChI is InChI=1S/C22H29F6NO10/c23-20(24,38-22(27,28)39-21(25,26)15-36-12-17(31)10-33-6-5-30)14-35-8-7-34-11-18(32)13-37-19-4-2-1-3-16(19)9-29/h1-4,17-18,30-32H,5-8,10-15H2. The Hall–Kier alpha value is -2.27. The summed E-state index contributed by atoms with van der Waals surface area (Å²) in [6.07, 6.45) is -17.6. The van der Waals surface area contributed by atoms with E-state index < -0.39 is 63.8 Å². The number of aliphatic hydroxyl groups excluding tert-OH is 3. The molecule has 0 saturated heterocycles. The quantitative estimate of drug-likeness (QED) is 0.104. The highest BCUT2D eigenvalue weighted by Gasteiger charge is 2.52. The van der Waals surface area contributed by atoms with E-state index in [2.05, 4.69) is 18.9 Å². The van der Waals surface area contributed by atoms with Gasteiger partial charge in [-0.15, -0.1) is 8.78 Å². The molecule has 11 nitrogen and oxygen atoms in total. The second-order valence-electron chi connectivity index (χ2n) is 7.61. The third-order valence-corrected chi connectivity index (χ3v) is 4.05. The van der Waals surface area contributed by atoms with E-state index >= 15 is 0 Å². The first kappa shape index (κ1) is 34.8. The number of hydrogen-bond donors (Lipinski definition) is 3. The summed E-state index contributed by atoms with van der Waals surface area (Å²) in [5.74, 6) is 0.231. The van der Waals surface area contributed by atoms with Crippen molar-refractivity contribution in [2.45, 2.75) is 30.7 Å². The number of nitriles is 1. The molecule has 0 radical (unpaired) electrons. The molecule has 1 aromatic rings. The molecule has 0 amide bonds. The highest BCUT2D eigenvalue weighted by molar-refractivity contribution is 5.42. The predicted molar refractivity (Wildman–Crippen MR) is 116 cm³/mol. The van der Waals surface area contributed by atoms with Crippen LogP contribution in [0.2, 0.25) is 0 Å². The van der Waals surface area contributed by atoms with Gasteiger partial charge in [-0.25, -0.2) is 9.47 Å². The maximum absolute atomic E-state index is 13.6. The van der Waals surface area contributed by atoms with E-state index in [-0.39, 0.29) is 44.3 Å². The molecule has 0 aromatic heterocycles. The number of alkyl halides is 6. The van der Waals surface area contributed by atoms with Crippen LogP contribution in [0.3, 0.4) is 0 Å². The Labute approximate surface area is 219 Å². The summed E-state index contributed by atoms with van der Waals surface area (Å²) in [6.45, 7) is -6.80. The molecule has 0 heterocycles. The van der Waals surface area contributed by atoms with Gasteiger partial charge in [0.1, 0.15) is 43.8 Å². The van der Waals surface area contributed by atoms with E-state index in [0.29, 0.717) is 0 Å². The molecule has 2 atom stereocenters. The summed E-state index contributed by atoms with van der Waals surface area (Å²) in [4.78, 5) is 0. The molecule has 3 N–H and O–H groups in total. The van der Waals surface area contributed by atoms with Gasteiger partial charge in [-0.2, -0.15) is 22.8 Å². The molecule has 0 bridgehead atoms. The van der Waals surface area contributed by atoms with Crippen molar-refractivity contribution in [2.75, 3.05) is 66.1 Å². The maximum atomic E-state index is 13.6. The largest absolute Gasteiger partial charge is 0.495 e. The van der Waals surface area contributed by atoms with E-state index in [0.717, 1.165) is 0 Å². The SMILES string of the molecule is N#Cc1ccccc1OCC(O)COCCOCC(F)(F)OC(F)(F)OC(F)(F)COCC(O)COCCO.